The van der Waals surface area contributed by atoms with Gasteiger partial charge < -0.3 is 4.98 Å². The van der Waals surface area contributed by atoms with Gasteiger partial charge in [-0.25, -0.2) is 8.42 Å². The lowest BCUT2D eigenvalue weighted by Gasteiger charge is -2.11. The van der Waals surface area contributed by atoms with E-state index in [1.165, 1.54) is 12.1 Å². The minimum atomic E-state index is -3.86. The summed E-state index contributed by atoms with van der Waals surface area (Å²) in [6, 6.07) is 23.1. The van der Waals surface area contributed by atoms with E-state index in [1.807, 2.05) is 42.5 Å². The van der Waals surface area contributed by atoms with Gasteiger partial charge in [0, 0.05) is 11.6 Å². The van der Waals surface area contributed by atoms with Crippen LogP contribution in [0.1, 0.15) is 10.4 Å². The Morgan fingerprint density at radius 2 is 1.50 bits per heavy atom. The number of sulfonamides is 1. The highest BCUT2D eigenvalue weighted by atomic mass is 32.2. The van der Waals surface area contributed by atoms with Crippen molar-refractivity contribution in [1.29, 1.82) is 0 Å². The highest BCUT2D eigenvalue weighted by Crippen LogP contribution is 2.27. The highest BCUT2D eigenvalue weighted by molar-refractivity contribution is 7.89. The Bertz CT molecular complexity index is 1230. The van der Waals surface area contributed by atoms with Crippen molar-refractivity contribution in [1.82, 2.24) is 15.2 Å². The zero-order chi connectivity index (χ0) is 19.6. The van der Waals surface area contributed by atoms with Gasteiger partial charge in [-0.1, -0.05) is 48.5 Å². The molecule has 140 valence electrons. The summed E-state index contributed by atoms with van der Waals surface area (Å²) in [6.45, 7) is 0. The SMILES string of the molecule is O=C(NNS(=O)(=O)c1ccccc1)c1cc(-c2ccccc2)cc2cc[nH]c12. The number of H-pyrrole nitrogens is 1. The number of hydrogen-bond donors (Lipinski definition) is 3. The molecule has 0 aliphatic heterocycles. The average molecular weight is 391 g/mol. The smallest absolute Gasteiger partial charge is 0.268 e. The molecule has 0 aliphatic rings. The third-order valence-corrected chi connectivity index (χ3v) is 5.63. The number of amides is 1. The van der Waals surface area contributed by atoms with Gasteiger partial charge >= 0.3 is 0 Å². The van der Waals surface area contributed by atoms with Gasteiger partial charge in [-0.15, -0.1) is 4.83 Å². The molecule has 6 nitrogen and oxygen atoms in total. The Hall–Kier alpha value is -3.42. The molecule has 4 rings (SSSR count). The predicted octanol–water partition coefficient (Wildman–Crippen LogP) is 3.46. The van der Waals surface area contributed by atoms with Crippen LogP contribution in [0, 0.1) is 0 Å². The molecule has 0 radical (unpaired) electrons. The molecule has 0 aliphatic carbocycles. The zero-order valence-corrected chi connectivity index (χ0v) is 15.5. The second-order valence-electron chi connectivity index (χ2n) is 6.20. The summed E-state index contributed by atoms with van der Waals surface area (Å²) < 4.78 is 24.7. The fraction of sp³-hybridized carbons (Fsp3) is 0. The van der Waals surface area contributed by atoms with Gasteiger partial charge in [0.15, 0.2) is 0 Å². The maximum atomic E-state index is 12.8. The van der Waals surface area contributed by atoms with Gasteiger partial charge in [0.05, 0.1) is 16.0 Å². The largest absolute Gasteiger partial charge is 0.361 e. The number of aromatic nitrogens is 1. The molecule has 0 atom stereocenters. The third-order valence-electron chi connectivity index (χ3n) is 4.36. The maximum Gasteiger partial charge on any atom is 0.268 e. The van der Waals surface area contributed by atoms with Crippen molar-refractivity contribution in [3.63, 3.8) is 0 Å². The van der Waals surface area contributed by atoms with Crippen molar-refractivity contribution in [2.24, 2.45) is 0 Å². The number of fused-ring (bicyclic) bond motifs is 1. The second-order valence-corrected chi connectivity index (χ2v) is 7.89. The van der Waals surface area contributed by atoms with Gasteiger partial charge in [0.1, 0.15) is 0 Å². The lowest BCUT2D eigenvalue weighted by atomic mass is 10.0. The molecular weight excluding hydrogens is 374 g/mol. The van der Waals surface area contributed by atoms with E-state index >= 15 is 0 Å². The van der Waals surface area contributed by atoms with Crippen LogP contribution in [0.4, 0.5) is 0 Å². The lowest BCUT2D eigenvalue weighted by molar-refractivity contribution is 0.0946. The van der Waals surface area contributed by atoms with Crippen LogP contribution < -0.4 is 10.3 Å². The first-order valence-electron chi connectivity index (χ1n) is 8.58. The van der Waals surface area contributed by atoms with Crippen molar-refractivity contribution in [3.05, 3.63) is 90.6 Å². The van der Waals surface area contributed by atoms with Gasteiger partial charge in [-0.05, 0) is 41.5 Å². The Morgan fingerprint density at radius 3 is 2.21 bits per heavy atom. The number of carbonyl (C=O) groups excluding carboxylic acids is 1. The van der Waals surface area contributed by atoms with Crippen LogP contribution in [0.2, 0.25) is 0 Å². The van der Waals surface area contributed by atoms with Crippen molar-refractivity contribution >= 4 is 26.8 Å². The van der Waals surface area contributed by atoms with E-state index < -0.39 is 15.9 Å². The minimum absolute atomic E-state index is 0.0679. The van der Waals surface area contributed by atoms with Crippen molar-refractivity contribution < 1.29 is 13.2 Å². The van der Waals surface area contributed by atoms with E-state index in [4.69, 9.17) is 0 Å². The topological polar surface area (TPSA) is 91.1 Å². The summed E-state index contributed by atoms with van der Waals surface area (Å²) in [5, 5.41) is 0.859. The van der Waals surface area contributed by atoms with E-state index in [0.29, 0.717) is 11.1 Å². The van der Waals surface area contributed by atoms with E-state index in [0.717, 1.165) is 16.5 Å². The second kappa shape index (κ2) is 7.30. The van der Waals surface area contributed by atoms with E-state index in [1.54, 1.807) is 30.5 Å². The molecule has 3 N–H and O–H groups in total. The van der Waals surface area contributed by atoms with Crippen LogP contribution >= 0.6 is 0 Å². The number of hydrazine groups is 1. The van der Waals surface area contributed by atoms with Crippen LogP contribution in [0.3, 0.4) is 0 Å². The van der Waals surface area contributed by atoms with E-state index in [9.17, 15) is 13.2 Å². The number of hydrogen-bond acceptors (Lipinski definition) is 3. The molecule has 0 fully saturated rings. The first kappa shape index (κ1) is 18.0. The standard InChI is InChI=1S/C21H17N3O3S/c25-21(23-24-28(26,27)18-9-5-2-6-10-18)19-14-17(15-7-3-1-4-8-15)13-16-11-12-22-20(16)19/h1-14,22,24H,(H,23,25). The Kier molecular flexibility index (Phi) is 4.68. The number of rotatable bonds is 5. The fourth-order valence-electron chi connectivity index (χ4n) is 2.99. The van der Waals surface area contributed by atoms with E-state index in [2.05, 4.69) is 15.2 Å². The summed E-state index contributed by atoms with van der Waals surface area (Å²) >= 11 is 0. The number of nitrogens with one attached hydrogen (secondary N) is 3. The summed E-state index contributed by atoms with van der Waals surface area (Å²) in [7, 11) is -3.86. The van der Waals surface area contributed by atoms with Crippen molar-refractivity contribution in [2.45, 2.75) is 4.90 Å². The van der Waals surface area contributed by atoms with E-state index in [-0.39, 0.29) is 4.90 Å². The highest BCUT2D eigenvalue weighted by Gasteiger charge is 2.18. The Morgan fingerprint density at radius 1 is 0.821 bits per heavy atom. The molecule has 0 bridgehead atoms. The first-order chi connectivity index (χ1) is 13.5. The third kappa shape index (κ3) is 3.53. The average Bonchev–Trinajstić information content (AvgIpc) is 3.21. The van der Waals surface area contributed by atoms with Gasteiger partial charge in [-0.3, -0.25) is 10.2 Å². The first-order valence-corrected chi connectivity index (χ1v) is 10.1. The maximum absolute atomic E-state index is 12.8. The van der Waals surface area contributed by atoms with Crippen LogP contribution in [0.25, 0.3) is 22.0 Å². The number of carbonyl (C=O) groups is 1. The summed E-state index contributed by atoms with van der Waals surface area (Å²) in [5.41, 5.74) is 5.11. The molecule has 1 amide bonds. The van der Waals surface area contributed by atoms with Gasteiger partial charge in [0.2, 0.25) is 0 Å². The molecule has 0 unspecified atom stereocenters. The van der Waals surface area contributed by atoms with Crippen molar-refractivity contribution in [2.75, 3.05) is 0 Å². The predicted molar refractivity (Wildman–Crippen MR) is 108 cm³/mol. The Balaban J connectivity index is 1.65. The lowest BCUT2D eigenvalue weighted by Crippen LogP contribution is -2.41. The molecule has 0 saturated carbocycles. The molecule has 0 saturated heterocycles. The van der Waals surface area contributed by atoms with Crippen LogP contribution in [-0.2, 0) is 10.0 Å². The van der Waals surface area contributed by atoms with Gasteiger partial charge in [-0.2, -0.15) is 0 Å². The molecule has 1 heterocycles. The fourth-order valence-corrected chi connectivity index (χ4v) is 3.85. The van der Waals surface area contributed by atoms with Gasteiger partial charge in [0.25, 0.3) is 15.9 Å². The summed E-state index contributed by atoms with van der Waals surface area (Å²) in [5.74, 6) is -0.551. The summed E-state index contributed by atoms with van der Waals surface area (Å²) in [4.78, 5) is 18.0. The molecule has 3 aromatic carbocycles. The zero-order valence-electron chi connectivity index (χ0n) is 14.7. The molecule has 0 spiro atoms. The monoisotopic (exact) mass is 391 g/mol. The molecular formula is C21H17N3O3S. The molecule has 4 aromatic rings. The molecule has 28 heavy (non-hydrogen) atoms. The quantitative estimate of drug-likeness (QED) is 0.455. The molecule has 1 aromatic heterocycles. The van der Waals surface area contributed by atoms with Crippen molar-refractivity contribution in [3.8, 4) is 11.1 Å². The molecule has 7 heteroatoms. The Labute approximate surface area is 162 Å². The van der Waals surface area contributed by atoms with Crippen LogP contribution in [-0.4, -0.2) is 19.3 Å². The number of benzene rings is 3. The number of aromatic amines is 1. The minimum Gasteiger partial charge on any atom is -0.361 e. The normalized spacial score (nSPS) is 11.4. The van der Waals surface area contributed by atoms with Crippen LogP contribution in [0.15, 0.2) is 90.0 Å². The summed E-state index contributed by atoms with van der Waals surface area (Å²) in [6.07, 6.45) is 1.74. The van der Waals surface area contributed by atoms with Crippen LogP contribution in [0.5, 0.6) is 0 Å².